The molecule has 0 fully saturated rings. The second-order valence-corrected chi connectivity index (χ2v) is 5.69. The van der Waals surface area contributed by atoms with Crippen molar-refractivity contribution in [2.45, 2.75) is 6.54 Å². The van der Waals surface area contributed by atoms with Gasteiger partial charge in [-0.25, -0.2) is 0 Å². The van der Waals surface area contributed by atoms with E-state index in [9.17, 15) is 4.79 Å². The molecular weight excluding hydrogens is 328 g/mol. The van der Waals surface area contributed by atoms with Crippen LogP contribution in [0.4, 0.5) is 5.69 Å². The summed E-state index contributed by atoms with van der Waals surface area (Å²) in [7, 11) is 1.53. The number of nitrogens with one attached hydrogen (secondary N) is 1. The second-order valence-electron chi connectivity index (χ2n) is 3.83. The highest BCUT2D eigenvalue weighted by Gasteiger charge is 2.13. The van der Waals surface area contributed by atoms with Crippen LogP contribution in [0.15, 0.2) is 34.1 Å². The van der Waals surface area contributed by atoms with Crippen LogP contribution in [0.5, 0.6) is 5.75 Å². The van der Waals surface area contributed by atoms with E-state index in [1.807, 2.05) is 11.4 Å². The molecule has 100 valence electrons. The molecule has 0 spiro atoms. The molecule has 3 N–H and O–H groups in total. The highest BCUT2D eigenvalue weighted by molar-refractivity contribution is 9.10. The van der Waals surface area contributed by atoms with Crippen molar-refractivity contribution in [3.05, 3.63) is 44.6 Å². The molecule has 4 nitrogen and oxygen atoms in total. The number of anilines is 1. The maximum atomic E-state index is 12.1. The van der Waals surface area contributed by atoms with E-state index in [2.05, 4.69) is 21.2 Å². The van der Waals surface area contributed by atoms with Gasteiger partial charge in [-0.15, -0.1) is 11.3 Å². The Balaban J connectivity index is 2.12. The van der Waals surface area contributed by atoms with Gasteiger partial charge < -0.3 is 15.8 Å². The molecule has 1 heterocycles. The number of ether oxygens (including phenoxy) is 1. The van der Waals surface area contributed by atoms with Crippen molar-refractivity contribution >= 4 is 38.9 Å². The molecule has 1 aromatic carbocycles. The maximum Gasteiger partial charge on any atom is 0.255 e. The second kappa shape index (κ2) is 6.08. The van der Waals surface area contributed by atoms with E-state index in [1.165, 1.54) is 7.11 Å². The van der Waals surface area contributed by atoms with Gasteiger partial charge in [0.1, 0.15) is 5.75 Å². The fourth-order valence-corrected chi connectivity index (χ4v) is 3.04. The highest BCUT2D eigenvalue weighted by Crippen LogP contribution is 2.24. The molecule has 0 aliphatic rings. The molecular formula is C13H13BrN2O2S. The minimum atomic E-state index is -0.204. The average Bonchev–Trinajstić information content (AvgIpc) is 2.81. The van der Waals surface area contributed by atoms with Crippen molar-refractivity contribution in [2.75, 3.05) is 12.8 Å². The first kappa shape index (κ1) is 13.9. The van der Waals surface area contributed by atoms with Gasteiger partial charge in [-0.05, 0) is 45.6 Å². The van der Waals surface area contributed by atoms with Crippen LogP contribution in [0.1, 0.15) is 15.2 Å². The van der Waals surface area contributed by atoms with Crippen molar-refractivity contribution < 1.29 is 9.53 Å². The topological polar surface area (TPSA) is 64.3 Å². The van der Waals surface area contributed by atoms with Gasteiger partial charge >= 0.3 is 0 Å². The zero-order valence-electron chi connectivity index (χ0n) is 10.3. The number of benzene rings is 1. The standard InChI is InChI=1S/C13H13BrN2O2S/c1-18-11-3-2-8(15)6-9(11)13(17)16-7-12-10(14)4-5-19-12/h2-6H,7,15H2,1H3,(H,16,17). The Morgan fingerprint density at radius 2 is 2.26 bits per heavy atom. The van der Waals surface area contributed by atoms with E-state index in [-0.39, 0.29) is 5.91 Å². The predicted molar refractivity (Wildman–Crippen MR) is 80.6 cm³/mol. The number of thiophene rings is 1. The Labute approximate surface area is 123 Å². The summed E-state index contributed by atoms with van der Waals surface area (Å²) in [6, 6.07) is 6.95. The van der Waals surface area contributed by atoms with Gasteiger partial charge in [0.05, 0.1) is 19.2 Å². The normalized spacial score (nSPS) is 10.2. The number of nitrogens with two attached hydrogens (primary N) is 1. The molecule has 2 rings (SSSR count). The molecule has 2 aromatic rings. The summed E-state index contributed by atoms with van der Waals surface area (Å²) in [5.74, 6) is 0.307. The molecule has 0 atom stereocenters. The summed E-state index contributed by atoms with van der Waals surface area (Å²) in [5, 5.41) is 4.81. The van der Waals surface area contributed by atoms with Crippen LogP contribution in [-0.4, -0.2) is 13.0 Å². The summed E-state index contributed by atoms with van der Waals surface area (Å²) in [4.78, 5) is 13.2. The Kier molecular flexibility index (Phi) is 4.44. The fraction of sp³-hybridized carbons (Fsp3) is 0.154. The van der Waals surface area contributed by atoms with Crippen LogP contribution in [0, 0.1) is 0 Å². The molecule has 1 amide bonds. The monoisotopic (exact) mass is 340 g/mol. The summed E-state index contributed by atoms with van der Waals surface area (Å²) >= 11 is 5.01. The van der Waals surface area contributed by atoms with Crippen molar-refractivity contribution in [2.24, 2.45) is 0 Å². The zero-order valence-corrected chi connectivity index (χ0v) is 12.7. The third-order valence-electron chi connectivity index (χ3n) is 2.57. The highest BCUT2D eigenvalue weighted by atomic mass is 79.9. The SMILES string of the molecule is COc1ccc(N)cc1C(=O)NCc1sccc1Br. The molecule has 0 aliphatic heterocycles. The summed E-state index contributed by atoms with van der Waals surface area (Å²) in [6.07, 6.45) is 0. The van der Waals surface area contributed by atoms with Crippen molar-refractivity contribution in [1.29, 1.82) is 0 Å². The lowest BCUT2D eigenvalue weighted by molar-refractivity contribution is 0.0948. The van der Waals surface area contributed by atoms with Gasteiger partial charge in [0.25, 0.3) is 5.91 Å². The number of carbonyl (C=O) groups excluding carboxylic acids is 1. The maximum absolute atomic E-state index is 12.1. The number of nitrogen functional groups attached to an aromatic ring is 1. The first-order valence-corrected chi connectivity index (χ1v) is 7.22. The summed E-state index contributed by atoms with van der Waals surface area (Å²) in [5.41, 5.74) is 6.66. The first-order valence-electron chi connectivity index (χ1n) is 5.55. The van der Waals surface area contributed by atoms with Crippen LogP contribution in [-0.2, 0) is 6.54 Å². The Morgan fingerprint density at radius 1 is 1.47 bits per heavy atom. The van der Waals surface area contributed by atoms with Gasteiger partial charge in [-0.1, -0.05) is 0 Å². The smallest absolute Gasteiger partial charge is 0.255 e. The first-order chi connectivity index (χ1) is 9.11. The molecule has 0 radical (unpaired) electrons. The minimum absolute atomic E-state index is 0.204. The van der Waals surface area contributed by atoms with Crippen LogP contribution in [0.2, 0.25) is 0 Å². The zero-order chi connectivity index (χ0) is 13.8. The van der Waals surface area contributed by atoms with Crippen molar-refractivity contribution in [3.63, 3.8) is 0 Å². The predicted octanol–water partition coefficient (Wildman–Crippen LogP) is 3.03. The minimum Gasteiger partial charge on any atom is -0.496 e. The van der Waals surface area contributed by atoms with Crippen LogP contribution in [0.25, 0.3) is 0 Å². The van der Waals surface area contributed by atoms with Gasteiger partial charge in [-0.2, -0.15) is 0 Å². The van der Waals surface area contributed by atoms with Crippen molar-refractivity contribution in [3.8, 4) is 5.75 Å². The molecule has 0 saturated heterocycles. The van der Waals surface area contributed by atoms with Gasteiger partial charge in [0.15, 0.2) is 0 Å². The largest absolute Gasteiger partial charge is 0.496 e. The molecule has 19 heavy (non-hydrogen) atoms. The van der Waals surface area contributed by atoms with Crippen LogP contribution < -0.4 is 15.8 Å². The molecule has 6 heteroatoms. The van der Waals surface area contributed by atoms with Gasteiger partial charge in [-0.3, -0.25) is 4.79 Å². The fourth-order valence-electron chi connectivity index (χ4n) is 1.61. The van der Waals surface area contributed by atoms with E-state index in [1.54, 1.807) is 29.5 Å². The van der Waals surface area contributed by atoms with Gasteiger partial charge in [0, 0.05) is 15.0 Å². The third-order valence-corrected chi connectivity index (χ3v) is 4.50. The number of methoxy groups -OCH3 is 1. The van der Waals surface area contributed by atoms with E-state index in [0.29, 0.717) is 23.5 Å². The lowest BCUT2D eigenvalue weighted by atomic mass is 10.1. The Bertz CT molecular complexity index is 598. The molecule has 0 aliphatic carbocycles. The summed E-state index contributed by atoms with van der Waals surface area (Å²) in [6.45, 7) is 0.467. The lowest BCUT2D eigenvalue weighted by Gasteiger charge is -2.09. The number of amides is 1. The van der Waals surface area contributed by atoms with Gasteiger partial charge in [0.2, 0.25) is 0 Å². The number of halogens is 1. The number of hydrogen-bond acceptors (Lipinski definition) is 4. The molecule has 0 saturated carbocycles. The molecule has 0 unspecified atom stereocenters. The number of rotatable bonds is 4. The lowest BCUT2D eigenvalue weighted by Crippen LogP contribution is -2.23. The van der Waals surface area contributed by atoms with E-state index in [0.717, 1.165) is 9.35 Å². The van der Waals surface area contributed by atoms with E-state index >= 15 is 0 Å². The van der Waals surface area contributed by atoms with E-state index in [4.69, 9.17) is 10.5 Å². The quantitative estimate of drug-likeness (QED) is 0.840. The van der Waals surface area contributed by atoms with Crippen LogP contribution >= 0.6 is 27.3 Å². The number of hydrogen-bond donors (Lipinski definition) is 2. The van der Waals surface area contributed by atoms with E-state index < -0.39 is 0 Å². The molecule has 1 aromatic heterocycles. The Hall–Kier alpha value is -1.53. The summed E-state index contributed by atoms with van der Waals surface area (Å²) < 4.78 is 6.16. The van der Waals surface area contributed by atoms with Crippen LogP contribution in [0.3, 0.4) is 0 Å². The molecule has 0 bridgehead atoms. The third kappa shape index (κ3) is 3.27. The Morgan fingerprint density at radius 3 is 2.89 bits per heavy atom. The number of carbonyl (C=O) groups is 1. The average molecular weight is 341 g/mol. The van der Waals surface area contributed by atoms with Crippen molar-refractivity contribution in [1.82, 2.24) is 5.32 Å².